The van der Waals surface area contributed by atoms with Gasteiger partial charge in [0.2, 0.25) is 5.91 Å². The highest BCUT2D eigenvalue weighted by molar-refractivity contribution is 6.05. The van der Waals surface area contributed by atoms with Gasteiger partial charge in [0.1, 0.15) is 5.52 Å². The number of oxazole rings is 1. The Morgan fingerprint density at radius 1 is 1.04 bits per heavy atom. The maximum Gasteiger partial charge on any atom is 0.255 e. The fourth-order valence-corrected chi connectivity index (χ4v) is 2.27. The van der Waals surface area contributed by atoms with E-state index in [1.54, 1.807) is 49.4 Å². The summed E-state index contributed by atoms with van der Waals surface area (Å²) in [6, 6.07) is 12.0. The molecule has 23 heavy (non-hydrogen) atoms. The van der Waals surface area contributed by atoms with Crippen molar-refractivity contribution in [3.8, 4) is 0 Å². The minimum absolute atomic E-state index is 0.186. The van der Waals surface area contributed by atoms with Crippen LogP contribution in [-0.2, 0) is 4.79 Å². The van der Waals surface area contributed by atoms with E-state index in [-0.39, 0.29) is 11.8 Å². The predicted octanol–water partition coefficient (Wildman–Crippen LogP) is 3.35. The summed E-state index contributed by atoms with van der Waals surface area (Å²) in [5.74, 6) is 0.123. The molecule has 1 heterocycles. The number of benzene rings is 2. The highest BCUT2D eigenvalue weighted by atomic mass is 16.3. The molecule has 0 aliphatic carbocycles. The Balaban J connectivity index is 1.81. The molecule has 0 unspecified atom stereocenters. The van der Waals surface area contributed by atoms with Crippen molar-refractivity contribution >= 4 is 34.3 Å². The molecule has 1 aromatic heterocycles. The van der Waals surface area contributed by atoms with Crippen LogP contribution in [0.3, 0.4) is 0 Å². The molecule has 2 aromatic carbocycles. The summed E-state index contributed by atoms with van der Waals surface area (Å²) in [6.07, 6.45) is 0. The van der Waals surface area contributed by atoms with E-state index < -0.39 is 0 Å². The molecule has 0 radical (unpaired) electrons. The molecule has 3 rings (SSSR count). The molecular weight excluding hydrogens is 294 g/mol. The summed E-state index contributed by atoms with van der Waals surface area (Å²) in [4.78, 5) is 27.6. The van der Waals surface area contributed by atoms with Crippen molar-refractivity contribution < 1.29 is 14.0 Å². The van der Waals surface area contributed by atoms with Gasteiger partial charge in [-0.15, -0.1) is 0 Å². The lowest BCUT2D eigenvalue weighted by Gasteiger charge is -2.07. The van der Waals surface area contributed by atoms with Crippen LogP contribution in [0, 0.1) is 6.92 Å². The highest BCUT2D eigenvalue weighted by Gasteiger charge is 2.09. The molecule has 0 saturated heterocycles. The molecule has 2 amide bonds. The highest BCUT2D eigenvalue weighted by Crippen LogP contribution is 2.20. The first-order valence-electron chi connectivity index (χ1n) is 7.07. The number of rotatable bonds is 3. The van der Waals surface area contributed by atoms with Crippen LogP contribution in [0.25, 0.3) is 11.1 Å². The van der Waals surface area contributed by atoms with Gasteiger partial charge in [-0.25, -0.2) is 4.98 Å². The van der Waals surface area contributed by atoms with Crippen LogP contribution in [0.5, 0.6) is 0 Å². The van der Waals surface area contributed by atoms with Gasteiger partial charge in [0.15, 0.2) is 11.5 Å². The number of amides is 2. The van der Waals surface area contributed by atoms with Gasteiger partial charge in [-0.1, -0.05) is 6.07 Å². The molecule has 2 N–H and O–H groups in total. The van der Waals surface area contributed by atoms with E-state index in [0.717, 1.165) is 0 Å². The summed E-state index contributed by atoms with van der Waals surface area (Å²) in [5.41, 5.74) is 3.02. The Bertz CT molecular complexity index is 899. The van der Waals surface area contributed by atoms with E-state index in [2.05, 4.69) is 15.6 Å². The molecule has 0 aliphatic heterocycles. The van der Waals surface area contributed by atoms with Gasteiger partial charge in [-0.2, -0.15) is 0 Å². The molecule has 3 aromatic rings. The SMILES string of the molecule is CC(=O)Nc1cccc(C(=O)Nc2ccc3oc(C)nc3c2)c1. The monoisotopic (exact) mass is 309 g/mol. The zero-order valence-corrected chi connectivity index (χ0v) is 12.7. The van der Waals surface area contributed by atoms with Crippen molar-refractivity contribution in [2.75, 3.05) is 10.6 Å². The first-order chi connectivity index (χ1) is 11.0. The van der Waals surface area contributed by atoms with Gasteiger partial charge in [-0.3, -0.25) is 9.59 Å². The second-order valence-corrected chi connectivity index (χ2v) is 5.13. The number of aromatic nitrogens is 1. The Labute approximate surface area is 132 Å². The molecule has 0 aliphatic rings. The number of carbonyl (C=O) groups is 2. The van der Waals surface area contributed by atoms with Crippen molar-refractivity contribution in [3.63, 3.8) is 0 Å². The minimum Gasteiger partial charge on any atom is -0.441 e. The summed E-state index contributed by atoms with van der Waals surface area (Å²) in [7, 11) is 0. The topological polar surface area (TPSA) is 84.2 Å². The third kappa shape index (κ3) is 3.37. The molecular formula is C17H15N3O3. The lowest BCUT2D eigenvalue weighted by Crippen LogP contribution is -2.13. The molecule has 0 spiro atoms. The smallest absolute Gasteiger partial charge is 0.255 e. The Morgan fingerprint density at radius 2 is 1.83 bits per heavy atom. The number of aryl methyl sites for hydroxylation is 1. The first-order valence-corrected chi connectivity index (χ1v) is 7.07. The van der Waals surface area contributed by atoms with E-state index in [9.17, 15) is 9.59 Å². The number of carbonyl (C=O) groups excluding carboxylic acids is 2. The number of nitrogens with one attached hydrogen (secondary N) is 2. The zero-order chi connectivity index (χ0) is 16.4. The quantitative estimate of drug-likeness (QED) is 0.777. The Hall–Kier alpha value is -3.15. The summed E-state index contributed by atoms with van der Waals surface area (Å²) in [6.45, 7) is 3.19. The molecule has 6 heteroatoms. The fourth-order valence-electron chi connectivity index (χ4n) is 2.27. The van der Waals surface area contributed by atoms with Gasteiger partial charge in [-0.05, 0) is 36.4 Å². The fraction of sp³-hybridized carbons (Fsp3) is 0.118. The van der Waals surface area contributed by atoms with Crippen LogP contribution in [0.15, 0.2) is 46.9 Å². The number of hydrogen-bond acceptors (Lipinski definition) is 4. The lowest BCUT2D eigenvalue weighted by molar-refractivity contribution is -0.114. The van der Waals surface area contributed by atoms with E-state index in [1.165, 1.54) is 6.92 Å². The second-order valence-electron chi connectivity index (χ2n) is 5.13. The number of anilines is 2. The predicted molar refractivity (Wildman–Crippen MR) is 87.4 cm³/mol. The summed E-state index contributed by atoms with van der Waals surface area (Å²) in [5, 5.41) is 5.46. The van der Waals surface area contributed by atoms with Crippen molar-refractivity contribution in [2.45, 2.75) is 13.8 Å². The maximum absolute atomic E-state index is 12.3. The third-order valence-corrected chi connectivity index (χ3v) is 3.20. The molecule has 0 atom stereocenters. The summed E-state index contributed by atoms with van der Waals surface area (Å²) >= 11 is 0. The van der Waals surface area contributed by atoms with Crippen molar-refractivity contribution in [1.29, 1.82) is 0 Å². The average molecular weight is 309 g/mol. The largest absolute Gasteiger partial charge is 0.441 e. The van der Waals surface area contributed by atoms with Crippen molar-refractivity contribution in [3.05, 3.63) is 53.9 Å². The van der Waals surface area contributed by atoms with Crippen LogP contribution in [0.1, 0.15) is 23.2 Å². The number of nitrogens with zero attached hydrogens (tertiary/aromatic N) is 1. The molecule has 6 nitrogen and oxygen atoms in total. The average Bonchev–Trinajstić information content (AvgIpc) is 2.86. The van der Waals surface area contributed by atoms with Crippen molar-refractivity contribution in [1.82, 2.24) is 4.98 Å². The normalized spacial score (nSPS) is 10.5. The van der Waals surface area contributed by atoms with Crippen LogP contribution < -0.4 is 10.6 Å². The lowest BCUT2D eigenvalue weighted by atomic mass is 10.1. The number of fused-ring (bicyclic) bond motifs is 1. The van der Waals surface area contributed by atoms with E-state index in [0.29, 0.717) is 33.9 Å². The standard InChI is InChI=1S/C17H15N3O3/c1-10(21)18-13-5-3-4-12(8-13)17(22)20-14-6-7-16-15(9-14)19-11(2)23-16/h3-9H,1-2H3,(H,18,21)(H,20,22). The van der Waals surface area contributed by atoms with Gasteiger partial charge in [0.05, 0.1) is 0 Å². The van der Waals surface area contributed by atoms with E-state index in [4.69, 9.17) is 4.42 Å². The van der Waals surface area contributed by atoms with Gasteiger partial charge >= 0.3 is 0 Å². The van der Waals surface area contributed by atoms with Crippen LogP contribution in [0.2, 0.25) is 0 Å². The Morgan fingerprint density at radius 3 is 2.61 bits per heavy atom. The van der Waals surface area contributed by atoms with Crippen LogP contribution in [-0.4, -0.2) is 16.8 Å². The maximum atomic E-state index is 12.3. The molecule has 116 valence electrons. The molecule has 0 saturated carbocycles. The van der Waals surface area contributed by atoms with Gasteiger partial charge in [0.25, 0.3) is 5.91 Å². The van der Waals surface area contributed by atoms with Gasteiger partial charge in [0, 0.05) is 30.8 Å². The molecule has 0 fully saturated rings. The number of hydrogen-bond donors (Lipinski definition) is 2. The van der Waals surface area contributed by atoms with Crippen LogP contribution in [0.4, 0.5) is 11.4 Å². The van der Waals surface area contributed by atoms with Gasteiger partial charge < -0.3 is 15.1 Å². The molecule has 0 bridgehead atoms. The van der Waals surface area contributed by atoms with Crippen molar-refractivity contribution in [2.24, 2.45) is 0 Å². The van der Waals surface area contributed by atoms with E-state index >= 15 is 0 Å². The third-order valence-electron chi connectivity index (χ3n) is 3.20. The zero-order valence-electron chi connectivity index (χ0n) is 12.7. The summed E-state index contributed by atoms with van der Waals surface area (Å²) < 4.78 is 5.40. The Kier molecular flexibility index (Phi) is 3.80. The minimum atomic E-state index is -0.267. The first kappa shape index (κ1) is 14.8. The van der Waals surface area contributed by atoms with E-state index in [1.807, 2.05) is 0 Å². The second kappa shape index (κ2) is 5.92. The van der Waals surface area contributed by atoms with Crippen LogP contribution >= 0.6 is 0 Å².